The molecule has 40 heavy (non-hydrogen) atoms. The van der Waals surface area contributed by atoms with Crippen molar-refractivity contribution in [1.29, 1.82) is 0 Å². The molecule has 10 heteroatoms. The minimum atomic E-state index is -0.581. The molecule has 2 aromatic rings. The van der Waals surface area contributed by atoms with E-state index in [1.807, 2.05) is 0 Å². The van der Waals surface area contributed by atoms with Gasteiger partial charge in [0, 0.05) is 16.1 Å². The van der Waals surface area contributed by atoms with E-state index in [9.17, 15) is 18.8 Å². The molecule has 0 atom stereocenters. The Morgan fingerprint density at radius 2 is 1.82 bits per heavy atom. The molecule has 0 spiro atoms. The SMILES string of the molecule is COc1cc(/C=C2\SC(=O)N(Cc3c(F)cccc3Cl)C2=O)ccc1OCC(=O)NC12CC3CC(CC(C3)C1)C2. The second kappa shape index (κ2) is 10.7. The molecule has 5 aliphatic rings. The molecule has 7 rings (SSSR count). The molecule has 1 heterocycles. The summed E-state index contributed by atoms with van der Waals surface area (Å²) in [5, 5.41) is 2.95. The highest BCUT2D eigenvalue weighted by Gasteiger charge is 2.51. The van der Waals surface area contributed by atoms with Crippen LogP contribution < -0.4 is 14.8 Å². The van der Waals surface area contributed by atoms with E-state index >= 15 is 0 Å². The van der Waals surface area contributed by atoms with Gasteiger partial charge in [0.15, 0.2) is 18.1 Å². The van der Waals surface area contributed by atoms with Crippen molar-refractivity contribution in [2.75, 3.05) is 13.7 Å². The van der Waals surface area contributed by atoms with Gasteiger partial charge in [0.05, 0.1) is 18.6 Å². The molecular formula is C30H30ClFN2O5S. The largest absolute Gasteiger partial charge is 0.493 e. The summed E-state index contributed by atoms with van der Waals surface area (Å²) in [6, 6.07) is 9.28. The van der Waals surface area contributed by atoms with Crippen LogP contribution in [-0.4, -0.2) is 41.2 Å². The molecule has 3 amide bonds. The molecule has 0 radical (unpaired) electrons. The fourth-order valence-corrected chi connectivity index (χ4v) is 8.32. The summed E-state index contributed by atoms with van der Waals surface area (Å²) < 4.78 is 25.5. The third-order valence-electron chi connectivity index (χ3n) is 8.54. The number of carbonyl (C=O) groups excluding carboxylic acids is 3. The number of benzene rings is 2. The van der Waals surface area contributed by atoms with Gasteiger partial charge in [0.25, 0.3) is 17.1 Å². The summed E-state index contributed by atoms with van der Waals surface area (Å²) in [5.74, 6) is 1.77. The highest BCUT2D eigenvalue weighted by atomic mass is 35.5. The van der Waals surface area contributed by atoms with Crippen molar-refractivity contribution in [3.8, 4) is 11.5 Å². The van der Waals surface area contributed by atoms with E-state index in [2.05, 4.69) is 5.32 Å². The lowest BCUT2D eigenvalue weighted by atomic mass is 9.53. The number of carbonyl (C=O) groups is 3. The van der Waals surface area contributed by atoms with Gasteiger partial charge in [-0.2, -0.15) is 0 Å². The normalized spacial score (nSPS) is 27.9. The quantitative estimate of drug-likeness (QED) is 0.373. The van der Waals surface area contributed by atoms with Crippen molar-refractivity contribution in [1.82, 2.24) is 10.2 Å². The number of ether oxygens (including phenoxy) is 2. The zero-order valence-corrected chi connectivity index (χ0v) is 23.7. The van der Waals surface area contributed by atoms with Gasteiger partial charge < -0.3 is 14.8 Å². The number of thioether (sulfide) groups is 1. The highest BCUT2D eigenvalue weighted by Crippen LogP contribution is 2.55. The van der Waals surface area contributed by atoms with Crippen molar-refractivity contribution in [2.24, 2.45) is 17.8 Å². The summed E-state index contributed by atoms with van der Waals surface area (Å²) in [5.41, 5.74) is 0.615. The minimum absolute atomic E-state index is 0.0796. The minimum Gasteiger partial charge on any atom is -0.493 e. The smallest absolute Gasteiger partial charge is 0.293 e. The summed E-state index contributed by atoms with van der Waals surface area (Å²) in [4.78, 5) is 39.5. The van der Waals surface area contributed by atoms with E-state index in [1.54, 1.807) is 24.3 Å². The molecule has 0 unspecified atom stereocenters. The van der Waals surface area contributed by atoms with Crippen molar-refractivity contribution in [2.45, 2.75) is 50.6 Å². The zero-order valence-electron chi connectivity index (χ0n) is 22.1. The van der Waals surface area contributed by atoms with Crippen LogP contribution in [0.1, 0.15) is 49.7 Å². The number of nitrogens with zero attached hydrogens (tertiary/aromatic N) is 1. The third kappa shape index (κ3) is 5.33. The van der Waals surface area contributed by atoms with Gasteiger partial charge in [-0.25, -0.2) is 4.39 Å². The van der Waals surface area contributed by atoms with Crippen molar-refractivity contribution in [3.63, 3.8) is 0 Å². The van der Waals surface area contributed by atoms with E-state index in [-0.39, 0.29) is 40.1 Å². The Kier molecular flexibility index (Phi) is 7.29. The first kappa shape index (κ1) is 27.1. The average Bonchev–Trinajstić information content (AvgIpc) is 3.16. The predicted molar refractivity (Wildman–Crippen MR) is 150 cm³/mol. The number of imide groups is 1. The van der Waals surface area contributed by atoms with Gasteiger partial charge in [0.1, 0.15) is 5.82 Å². The van der Waals surface area contributed by atoms with Crippen LogP contribution in [0.5, 0.6) is 11.5 Å². The fraction of sp³-hybridized carbons (Fsp3) is 0.433. The summed E-state index contributed by atoms with van der Waals surface area (Å²) in [7, 11) is 1.49. The lowest BCUT2D eigenvalue weighted by molar-refractivity contribution is -0.129. The second-order valence-corrected chi connectivity index (χ2v) is 12.8. The number of hydrogen-bond acceptors (Lipinski definition) is 6. The van der Waals surface area contributed by atoms with E-state index in [4.69, 9.17) is 21.1 Å². The van der Waals surface area contributed by atoms with Crippen LogP contribution in [0.15, 0.2) is 41.3 Å². The standard InChI is InChI=1S/C30H30ClFN2O5S/c1-38-25-10-17(11-26-28(36)34(29(37)40-26)15-21-22(31)3-2-4-23(21)32)5-6-24(25)39-16-27(35)33-30-12-18-7-19(13-30)9-20(8-18)14-30/h2-6,10-11,18-20H,7-9,12-16H2,1H3,(H,33,35)/b26-11-. The molecule has 7 nitrogen and oxygen atoms in total. The van der Waals surface area contributed by atoms with Gasteiger partial charge in [0.2, 0.25) is 0 Å². The molecule has 1 saturated heterocycles. The maximum Gasteiger partial charge on any atom is 0.293 e. The number of methoxy groups -OCH3 is 1. The Labute approximate surface area is 241 Å². The lowest BCUT2D eigenvalue weighted by Crippen LogP contribution is -2.60. The number of nitrogens with one attached hydrogen (secondary N) is 1. The second-order valence-electron chi connectivity index (χ2n) is 11.4. The first-order valence-electron chi connectivity index (χ1n) is 13.5. The average molecular weight is 585 g/mol. The maximum atomic E-state index is 14.2. The number of hydrogen-bond donors (Lipinski definition) is 1. The van der Waals surface area contributed by atoms with Gasteiger partial charge in [-0.15, -0.1) is 0 Å². The molecular weight excluding hydrogens is 555 g/mol. The van der Waals surface area contributed by atoms with Crippen LogP contribution >= 0.6 is 23.4 Å². The molecule has 0 aromatic heterocycles. The van der Waals surface area contributed by atoms with Crippen LogP contribution in [0.25, 0.3) is 6.08 Å². The third-order valence-corrected chi connectivity index (χ3v) is 9.80. The maximum absolute atomic E-state index is 14.2. The van der Waals surface area contributed by atoms with Gasteiger partial charge in [-0.1, -0.05) is 23.7 Å². The Bertz CT molecular complexity index is 1360. The van der Waals surface area contributed by atoms with Crippen LogP contribution in [0.2, 0.25) is 5.02 Å². The predicted octanol–water partition coefficient (Wildman–Crippen LogP) is 6.19. The molecule has 4 bridgehead atoms. The Hall–Kier alpha value is -3.04. The summed E-state index contributed by atoms with van der Waals surface area (Å²) in [6.45, 7) is -0.371. The molecule has 1 N–H and O–H groups in total. The lowest BCUT2D eigenvalue weighted by Gasteiger charge is -2.56. The van der Waals surface area contributed by atoms with Crippen molar-refractivity contribution >= 4 is 46.5 Å². The first-order chi connectivity index (χ1) is 19.2. The summed E-state index contributed by atoms with van der Waals surface area (Å²) in [6.07, 6.45) is 8.70. The Morgan fingerprint density at radius 1 is 1.12 bits per heavy atom. The Balaban J connectivity index is 1.10. The van der Waals surface area contributed by atoms with Crippen molar-refractivity contribution in [3.05, 3.63) is 63.3 Å². The molecule has 2 aromatic carbocycles. The molecule has 4 aliphatic carbocycles. The molecule has 210 valence electrons. The summed E-state index contributed by atoms with van der Waals surface area (Å²) >= 11 is 6.85. The number of halogens is 2. The van der Waals surface area contributed by atoms with E-state index in [0.29, 0.717) is 17.1 Å². The first-order valence-corrected chi connectivity index (χ1v) is 14.7. The van der Waals surface area contributed by atoms with Gasteiger partial charge in [-0.3, -0.25) is 19.3 Å². The zero-order chi connectivity index (χ0) is 28.0. The monoisotopic (exact) mass is 584 g/mol. The van der Waals surface area contributed by atoms with Crippen LogP contribution in [0.4, 0.5) is 9.18 Å². The molecule has 5 fully saturated rings. The number of amides is 3. The van der Waals surface area contributed by atoms with Crippen LogP contribution in [0, 0.1) is 23.6 Å². The topological polar surface area (TPSA) is 84.9 Å². The van der Waals surface area contributed by atoms with E-state index < -0.39 is 17.0 Å². The highest BCUT2D eigenvalue weighted by molar-refractivity contribution is 8.18. The number of rotatable bonds is 8. The van der Waals surface area contributed by atoms with Crippen LogP contribution in [0.3, 0.4) is 0 Å². The molecule has 4 saturated carbocycles. The van der Waals surface area contributed by atoms with Gasteiger partial charge in [-0.05, 0) is 104 Å². The van der Waals surface area contributed by atoms with E-state index in [1.165, 1.54) is 44.6 Å². The van der Waals surface area contributed by atoms with Gasteiger partial charge >= 0.3 is 0 Å². The fourth-order valence-electron chi connectivity index (χ4n) is 7.26. The van der Waals surface area contributed by atoms with Crippen molar-refractivity contribution < 1.29 is 28.2 Å². The Morgan fingerprint density at radius 3 is 2.48 bits per heavy atom. The van der Waals surface area contributed by atoms with E-state index in [0.717, 1.165) is 53.7 Å². The molecule has 1 aliphatic heterocycles. The van der Waals surface area contributed by atoms with Crippen LogP contribution in [-0.2, 0) is 16.1 Å².